The van der Waals surface area contributed by atoms with Crippen LogP contribution in [0.25, 0.3) is 0 Å². The lowest BCUT2D eigenvalue weighted by Gasteiger charge is -2.21. The Morgan fingerprint density at radius 1 is 1.52 bits per heavy atom. The van der Waals surface area contributed by atoms with Gasteiger partial charge in [-0.15, -0.1) is 0 Å². The van der Waals surface area contributed by atoms with Crippen LogP contribution in [0.5, 0.6) is 0 Å². The monoisotopic (exact) mass is 310 g/mol. The van der Waals surface area contributed by atoms with Crippen molar-refractivity contribution in [3.63, 3.8) is 0 Å². The molecular formula is C14H18N2O4S. The smallest absolute Gasteiger partial charge is 0.342 e. The molecule has 0 aliphatic heterocycles. The molecule has 6 nitrogen and oxygen atoms in total. The van der Waals surface area contributed by atoms with Gasteiger partial charge in [-0.05, 0) is 30.7 Å². The minimum Gasteiger partial charge on any atom is -0.477 e. The predicted molar refractivity (Wildman–Crippen MR) is 83.2 cm³/mol. The quantitative estimate of drug-likeness (QED) is 0.618. The number of aromatic carboxylic acids is 1. The van der Waals surface area contributed by atoms with E-state index >= 15 is 0 Å². The molecular weight excluding hydrogens is 292 g/mol. The van der Waals surface area contributed by atoms with Crippen LogP contribution in [0.2, 0.25) is 0 Å². The maximum Gasteiger partial charge on any atom is 0.342 e. The van der Waals surface area contributed by atoms with Crippen LogP contribution in [0.1, 0.15) is 36.5 Å². The molecule has 7 heteroatoms. The molecule has 1 aliphatic rings. The van der Waals surface area contributed by atoms with Gasteiger partial charge in [0.05, 0.1) is 4.92 Å². The number of rotatable bonds is 6. The summed E-state index contributed by atoms with van der Waals surface area (Å²) in [5, 5.41) is 23.8. The number of nitrogens with one attached hydrogen (secondary N) is 1. The zero-order valence-electron chi connectivity index (χ0n) is 11.7. The fraction of sp³-hybridized carbons (Fsp3) is 0.500. The highest BCUT2D eigenvalue weighted by Gasteiger charge is 2.28. The van der Waals surface area contributed by atoms with Gasteiger partial charge in [-0.25, -0.2) is 4.79 Å². The molecule has 2 unspecified atom stereocenters. The van der Waals surface area contributed by atoms with Gasteiger partial charge < -0.3 is 10.4 Å². The second-order valence-electron chi connectivity index (χ2n) is 4.97. The average molecular weight is 310 g/mol. The molecule has 0 bridgehead atoms. The minimum absolute atomic E-state index is 0.281. The van der Waals surface area contributed by atoms with Crippen LogP contribution in [0.15, 0.2) is 18.2 Å². The third-order valence-electron chi connectivity index (χ3n) is 3.61. The number of hydrogen-bond acceptors (Lipinski definition) is 5. The van der Waals surface area contributed by atoms with Gasteiger partial charge in [0.15, 0.2) is 0 Å². The second-order valence-corrected chi connectivity index (χ2v) is 6.49. The third-order valence-corrected chi connectivity index (χ3v) is 4.94. The van der Waals surface area contributed by atoms with Crippen molar-refractivity contribution in [2.75, 3.05) is 11.1 Å². The number of carbonyl (C=O) groups is 1. The minimum atomic E-state index is -1.28. The number of anilines is 1. The Balaban J connectivity index is 2.19. The lowest BCUT2D eigenvalue weighted by molar-refractivity contribution is -0.385. The van der Waals surface area contributed by atoms with E-state index in [1.165, 1.54) is 12.1 Å². The van der Waals surface area contributed by atoms with Crippen molar-refractivity contribution in [1.29, 1.82) is 0 Å². The highest BCUT2D eigenvalue weighted by molar-refractivity contribution is 7.99. The molecule has 1 aromatic carbocycles. The predicted octanol–water partition coefficient (Wildman–Crippen LogP) is 3.38. The number of nitro benzene ring substituents is 1. The molecule has 0 spiro atoms. The van der Waals surface area contributed by atoms with Gasteiger partial charge in [0.1, 0.15) is 5.56 Å². The largest absolute Gasteiger partial charge is 0.477 e. The maximum atomic E-state index is 11.0. The summed E-state index contributed by atoms with van der Waals surface area (Å²) < 4.78 is 0. The first-order valence-corrected chi connectivity index (χ1v) is 7.97. The molecule has 114 valence electrons. The van der Waals surface area contributed by atoms with E-state index < -0.39 is 10.9 Å². The first-order chi connectivity index (χ1) is 10.0. The highest BCUT2D eigenvalue weighted by atomic mass is 32.2. The summed E-state index contributed by atoms with van der Waals surface area (Å²) >= 11 is 1.89. The van der Waals surface area contributed by atoms with Gasteiger partial charge >= 0.3 is 5.97 Å². The molecule has 2 atom stereocenters. The number of nitrogens with zero attached hydrogens (tertiary/aromatic N) is 1. The van der Waals surface area contributed by atoms with Gasteiger partial charge in [-0.1, -0.05) is 13.3 Å². The van der Waals surface area contributed by atoms with Crippen molar-refractivity contribution < 1.29 is 14.8 Å². The van der Waals surface area contributed by atoms with Crippen molar-refractivity contribution >= 4 is 29.1 Å². The average Bonchev–Trinajstić information content (AvgIpc) is 2.86. The van der Waals surface area contributed by atoms with Crippen LogP contribution in [0.4, 0.5) is 11.4 Å². The summed E-state index contributed by atoms with van der Waals surface area (Å²) in [6.45, 7) is 2.12. The van der Waals surface area contributed by atoms with E-state index in [2.05, 4.69) is 12.2 Å². The lowest BCUT2D eigenvalue weighted by atomic mass is 10.1. The van der Waals surface area contributed by atoms with Crippen LogP contribution in [-0.2, 0) is 0 Å². The molecule has 2 N–H and O–H groups in total. The molecule has 1 aliphatic carbocycles. The summed E-state index contributed by atoms with van der Waals surface area (Å²) in [5.74, 6) is -0.241. The molecule has 2 rings (SSSR count). The standard InChI is InChI=1S/C14H18N2O4S/c1-2-21-13-5-3-4-11(13)15-9-6-7-10(14(17)18)12(8-9)16(19)20/h6-8,11,13,15H,2-5H2,1H3,(H,17,18). The van der Waals surface area contributed by atoms with Crippen LogP contribution in [-0.4, -0.2) is 33.0 Å². The molecule has 0 saturated heterocycles. The normalized spacial score (nSPS) is 21.2. The SMILES string of the molecule is CCSC1CCCC1Nc1ccc(C(=O)O)c([N+](=O)[O-])c1. The second kappa shape index (κ2) is 6.80. The Kier molecular flexibility index (Phi) is 5.06. The number of hydrogen-bond donors (Lipinski definition) is 2. The molecule has 1 saturated carbocycles. The van der Waals surface area contributed by atoms with Gasteiger partial charge in [0.2, 0.25) is 0 Å². The van der Waals surface area contributed by atoms with Gasteiger partial charge in [-0.2, -0.15) is 11.8 Å². The molecule has 1 aromatic rings. The third kappa shape index (κ3) is 3.66. The Morgan fingerprint density at radius 3 is 2.90 bits per heavy atom. The van der Waals surface area contributed by atoms with Crippen LogP contribution in [0, 0.1) is 10.1 Å². The van der Waals surface area contributed by atoms with Gasteiger partial charge in [0, 0.05) is 23.0 Å². The maximum absolute atomic E-state index is 11.0. The van der Waals surface area contributed by atoms with Gasteiger partial charge in [-0.3, -0.25) is 10.1 Å². The zero-order chi connectivity index (χ0) is 15.4. The van der Waals surface area contributed by atoms with E-state index in [-0.39, 0.29) is 17.3 Å². The van der Waals surface area contributed by atoms with E-state index in [1.807, 2.05) is 11.8 Å². The molecule has 0 radical (unpaired) electrons. The number of nitro groups is 1. The number of thioether (sulfide) groups is 1. The Morgan fingerprint density at radius 2 is 2.29 bits per heavy atom. The van der Waals surface area contributed by atoms with E-state index in [1.54, 1.807) is 6.07 Å². The summed E-state index contributed by atoms with van der Waals surface area (Å²) in [6, 6.07) is 4.49. The van der Waals surface area contributed by atoms with Crippen molar-refractivity contribution in [2.24, 2.45) is 0 Å². The van der Waals surface area contributed by atoms with Crippen LogP contribution >= 0.6 is 11.8 Å². The summed E-state index contributed by atoms with van der Waals surface area (Å²) in [6.07, 6.45) is 3.32. The van der Waals surface area contributed by atoms with Crippen molar-refractivity contribution in [2.45, 2.75) is 37.5 Å². The first kappa shape index (κ1) is 15.6. The van der Waals surface area contributed by atoms with E-state index in [0.29, 0.717) is 10.9 Å². The molecule has 0 aromatic heterocycles. The molecule has 21 heavy (non-hydrogen) atoms. The summed E-state index contributed by atoms with van der Waals surface area (Å²) in [4.78, 5) is 21.3. The fourth-order valence-electron chi connectivity index (χ4n) is 2.67. The lowest BCUT2D eigenvalue weighted by Crippen LogP contribution is -2.26. The van der Waals surface area contributed by atoms with Crippen LogP contribution in [0.3, 0.4) is 0 Å². The summed E-state index contributed by atoms with van der Waals surface area (Å²) in [5.41, 5.74) is -0.0399. The van der Waals surface area contributed by atoms with Crippen molar-refractivity contribution in [3.8, 4) is 0 Å². The van der Waals surface area contributed by atoms with Crippen molar-refractivity contribution in [3.05, 3.63) is 33.9 Å². The van der Waals surface area contributed by atoms with E-state index in [0.717, 1.165) is 25.0 Å². The van der Waals surface area contributed by atoms with Gasteiger partial charge in [0.25, 0.3) is 5.69 Å². The zero-order valence-corrected chi connectivity index (χ0v) is 12.6. The van der Waals surface area contributed by atoms with E-state index in [4.69, 9.17) is 5.11 Å². The number of benzene rings is 1. The first-order valence-electron chi connectivity index (χ1n) is 6.92. The molecule has 0 heterocycles. The van der Waals surface area contributed by atoms with Crippen LogP contribution < -0.4 is 5.32 Å². The Labute approximate surface area is 127 Å². The van der Waals surface area contributed by atoms with E-state index in [9.17, 15) is 14.9 Å². The molecule has 0 amide bonds. The number of carboxylic acids is 1. The Bertz CT molecular complexity index is 550. The summed E-state index contributed by atoms with van der Waals surface area (Å²) in [7, 11) is 0. The fourth-order valence-corrected chi connectivity index (χ4v) is 3.87. The Hall–Kier alpha value is -1.76. The number of carboxylic acid groups (broad SMARTS) is 1. The topological polar surface area (TPSA) is 92.5 Å². The van der Waals surface area contributed by atoms with Crippen molar-refractivity contribution in [1.82, 2.24) is 0 Å². The highest BCUT2D eigenvalue weighted by Crippen LogP contribution is 2.33. The molecule has 1 fully saturated rings.